The van der Waals surface area contributed by atoms with Gasteiger partial charge in [-0.15, -0.1) is 0 Å². The van der Waals surface area contributed by atoms with Gasteiger partial charge in [-0.3, -0.25) is 4.79 Å². The first-order valence-corrected chi connectivity index (χ1v) is 10.7. The molecule has 0 N–H and O–H groups in total. The summed E-state index contributed by atoms with van der Waals surface area (Å²) in [6.07, 6.45) is 4.44. The number of carbonyl (C=O) groups is 1. The van der Waals surface area contributed by atoms with E-state index >= 15 is 0 Å². The molecule has 1 aromatic heterocycles. The van der Waals surface area contributed by atoms with Gasteiger partial charge in [0.05, 0.1) is 5.52 Å². The van der Waals surface area contributed by atoms with Crippen LogP contribution in [0, 0.1) is 20.8 Å². The molecule has 0 bridgehead atoms. The maximum Gasteiger partial charge on any atom is 0.254 e. The van der Waals surface area contributed by atoms with Gasteiger partial charge in [0, 0.05) is 29.1 Å². The van der Waals surface area contributed by atoms with E-state index in [1.807, 2.05) is 36.1 Å². The van der Waals surface area contributed by atoms with E-state index < -0.39 is 0 Å². The Labute approximate surface area is 177 Å². The van der Waals surface area contributed by atoms with Crippen molar-refractivity contribution in [1.82, 2.24) is 9.88 Å². The Bertz CT molecular complexity index is 1070. The molecule has 0 spiro atoms. The van der Waals surface area contributed by atoms with Crippen LogP contribution in [0.15, 0.2) is 42.5 Å². The zero-order valence-corrected chi connectivity index (χ0v) is 18.1. The third-order valence-corrected chi connectivity index (χ3v) is 6.24. The molecule has 0 saturated heterocycles. The summed E-state index contributed by atoms with van der Waals surface area (Å²) in [7, 11) is 0. The van der Waals surface area contributed by atoms with Gasteiger partial charge >= 0.3 is 0 Å². The number of hydrogen-bond donors (Lipinski definition) is 0. The van der Waals surface area contributed by atoms with Crippen molar-refractivity contribution in [3.8, 4) is 0 Å². The number of nitrogens with zero attached hydrogens (tertiary/aromatic N) is 2. The molecule has 0 atom stereocenters. The largest absolute Gasteiger partial charge is 0.331 e. The monoisotopic (exact) mass is 406 g/mol. The predicted molar refractivity (Wildman–Crippen MR) is 120 cm³/mol. The average Bonchev–Trinajstić information content (AvgIpc) is 3.21. The van der Waals surface area contributed by atoms with Crippen LogP contribution >= 0.6 is 11.6 Å². The van der Waals surface area contributed by atoms with Gasteiger partial charge in [0.25, 0.3) is 5.91 Å². The van der Waals surface area contributed by atoms with Gasteiger partial charge in [-0.05, 0) is 63.4 Å². The quantitative estimate of drug-likeness (QED) is 0.469. The van der Waals surface area contributed by atoms with Crippen molar-refractivity contribution in [3.63, 3.8) is 0 Å². The molecule has 4 heteroatoms. The summed E-state index contributed by atoms with van der Waals surface area (Å²) in [6.45, 7) is 6.66. The first-order chi connectivity index (χ1) is 13.9. The first-order valence-electron chi connectivity index (χ1n) is 10.4. The van der Waals surface area contributed by atoms with Crippen molar-refractivity contribution in [2.45, 2.75) is 59.0 Å². The summed E-state index contributed by atoms with van der Waals surface area (Å²) in [5.41, 5.74) is 6.01. The lowest BCUT2D eigenvalue weighted by Crippen LogP contribution is -2.38. The summed E-state index contributed by atoms with van der Waals surface area (Å²) in [5, 5.41) is 1.57. The van der Waals surface area contributed by atoms with Crippen LogP contribution < -0.4 is 0 Å². The smallest absolute Gasteiger partial charge is 0.254 e. The molecule has 3 aromatic rings. The van der Waals surface area contributed by atoms with E-state index in [0.29, 0.717) is 11.7 Å². The Kier molecular flexibility index (Phi) is 5.60. The molecule has 0 unspecified atom stereocenters. The topological polar surface area (TPSA) is 33.2 Å². The molecule has 3 nitrogen and oxygen atoms in total. The fraction of sp³-hybridized carbons (Fsp3) is 0.360. The summed E-state index contributed by atoms with van der Waals surface area (Å²) < 4.78 is 0. The van der Waals surface area contributed by atoms with Gasteiger partial charge in [-0.1, -0.05) is 53.8 Å². The minimum Gasteiger partial charge on any atom is -0.331 e. The van der Waals surface area contributed by atoms with Gasteiger partial charge in [-0.2, -0.15) is 0 Å². The number of aryl methyl sites for hydroxylation is 3. The van der Waals surface area contributed by atoms with Gasteiger partial charge < -0.3 is 4.90 Å². The molecule has 1 aliphatic carbocycles. The van der Waals surface area contributed by atoms with Crippen LogP contribution in [0.25, 0.3) is 10.9 Å². The van der Waals surface area contributed by atoms with Crippen molar-refractivity contribution < 1.29 is 4.79 Å². The van der Waals surface area contributed by atoms with Gasteiger partial charge in [0.1, 0.15) is 5.15 Å². The maximum atomic E-state index is 13.4. The second-order valence-corrected chi connectivity index (χ2v) is 8.69. The standard InChI is InChI=1S/C25H27ClN2O/c1-16-7-6-8-19(12-16)25(29)28(22-9-4-5-10-22)15-21-14-20-13-17(2)11-18(3)23(20)27-24(21)26/h6-8,11-14,22H,4-5,9-10,15H2,1-3H3. The minimum absolute atomic E-state index is 0.0807. The highest BCUT2D eigenvalue weighted by molar-refractivity contribution is 6.30. The Balaban J connectivity index is 1.72. The second-order valence-electron chi connectivity index (χ2n) is 8.33. The molecule has 1 heterocycles. The third kappa shape index (κ3) is 4.16. The van der Waals surface area contributed by atoms with E-state index in [-0.39, 0.29) is 11.9 Å². The van der Waals surface area contributed by atoms with E-state index in [0.717, 1.165) is 46.0 Å². The van der Waals surface area contributed by atoms with Crippen LogP contribution in [0.3, 0.4) is 0 Å². The van der Waals surface area contributed by atoms with Crippen molar-refractivity contribution in [3.05, 3.63) is 75.4 Å². The molecule has 1 amide bonds. The summed E-state index contributed by atoms with van der Waals surface area (Å²) in [5.74, 6) is 0.0807. The van der Waals surface area contributed by atoms with Gasteiger partial charge in [0.15, 0.2) is 0 Å². The Hall–Kier alpha value is -2.39. The summed E-state index contributed by atoms with van der Waals surface area (Å²) >= 11 is 6.59. The Morgan fingerprint density at radius 1 is 1.07 bits per heavy atom. The SMILES string of the molecule is Cc1cccc(C(=O)N(Cc2cc3cc(C)cc(C)c3nc2Cl)C2CCCC2)c1. The van der Waals surface area contributed by atoms with Gasteiger partial charge in [-0.25, -0.2) is 4.98 Å². The molecule has 150 valence electrons. The van der Waals surface area contributed by atoms with E-state index in [1.54, 1.807) is 0 Å². The third-order valence-electron chi connectivity index (χ3n) is 5.91. The highest BCUT2D eigenvalue weighted by Gasteiger charge is 2.28. The number of pyridine rings is 1. The average molecular weight is 407 g/mol. The normalized spacial score (nSPS) is 14.5. The molecular formula is C25H27ClN2O. The Morgan fingerprint density at radius 3 is 2.55 bits per heavy atom. The van der Waals surface area contributed by atoms with Crippen molar-refractivity contribution >= 4 is 28.4 Å². The lowest BCUT2D eigenvalue weighted by molar-refractivity contribution is 0.0664. The number of benzene rings is 2. The first kappa shape index (κ1) is 19.9. The predicted octanol–water partition coefficient (Wildman–Crippen LogP) is 6.40. The molecule has 1 aliphatic rings. The fourth-order valence-corrected chi connectivity index (χ4v) is 4.69. The summed E-state index contributed by atoms with van der Waals surface area (Å²) in [4.78, 5) is 20.1. The number of aromatic nitrogens is 1. The van der Waals surface area contributed by atoms with Crippen LogP contribution in [0.5, 0.6) is 0 Å². The number of fused-ring (bicyclic) bond motifs is 1. The summed E-state index contributed by atoms with van der Waals surface area (Å²) in [6, 6.07) is 14.5. The highest BCUT2D eigenvalue weighted by atomic mass is 35.5. The number of amides is 1. The lowest BCUT2D eigenvalue weighted by atomic mass is 10.0. The zero-order chi connectivity index (χ0) is 20.5. The van der Waals surface area contributed by atoms with Crippen LogP contribution in [0.2, 0.25) is 5.15 Å². The molecule has 1 saturated carbocycles. The van der Waals surface area contributed by atoms with Crippen molar-refractivity contribution in [2.24, 2.45) is 0 Å². The van der Waals surface area contributed by atoms with Crippen LogP contribution in [0.1, 0.15) is 58.3 Å². The Morgan fingerprint density at radius 2 is 1.83 bits per heavy atom. The number of rotatable bonds is 4. The minimum atomic E-state index is 0.0807. The molecule has 4 rings (SSSR count). The van der Waals surface area contributed by atoms with E-state index in [4.69, 9.17) is 11.6 Å². The zero-order valence-electron chi connectivity index (χ0n) is 17.3. The second kappa shape index (κ2) is 8.16. The maximum absolute atomic E-state index is 13.4. The number of halogens is 1. The van der Waals surface area contributed by atoms with Crippen molar-refractivity contribution in [1.29, 1.82) is 0 Å². The number of carbonyl (C=O) groups excluding carboxylic acids is 1. The molecule has 1 fully saturated rings. The highest BCUT2D eigenvalue weighted by Crippen LogP contribution is 2.30. The van der Waals surface area contributed by atoms with Crippen molar-refractivity contribution in [2.75, 3.05) is 0 Å². The van der Waals surface area contributed by atoms with E-state index in [9.17, 15) is 4.79 Å². The molecule has 29 heavy (non-hydrogen) atoms. The lowest BCUT2D eigenvalue weighted by Gasteiger charge is -2.30. The molecule has 2 aromatic carbocycles. The number of hydrogen-bond acceptors (Lipinski definition) is 2. The molecule has 0 aliphatic heterocycles. The van der Waals surface area contributed by atoms with E-state index in [1.165, 1.54) is 18.4 Å². The molecule has 0 radical (unpaired) electrons. The van der Waals surface area contributed by atoms with Crippen LogP contribution in [0.4, 0.5) is 0 Å². The van der Waals surface area contributed by atoms with Crippen LogP contribution in [-0.2, 0) is 6.54 Å². The fourth-order valence-electron chi connectivity index (χ4n) is 4.49. The molecular weight excluding hydrogens is 380 g/mol. The van der Waals surface area contributed by atoms with Crippen LogP contribution in [-0.4, -0.2) is 21.8 Å². The van der Waals surface area contributed by atoms with Gasteiger partial charge in [0.2, 0.25) is 0 Å². The van der Waals surface area contributed by atoms with E-state index in [2.05, 4.69) is 37.0 Å².